The van der Waals surface area contributed by atoms with Gasteiger partial charge in [-0.3, -0.25) is 29.6 Å². The third-order valence-electron chi connectivity index (χ3n) is 10.7. The molecule has 4 aliphatic rings. The van der Waals surface area contributed by atoms with Crippen molar-refractivity contribution in [2.24, 2.45) is 5.73 Å². The fraction of sp³-hybridized carbons (Fsp3) is 0.366. The van der Waals surface area contributed by atoms with Crippen LogP contribution in [0.2, 0.25) is 5.02 Å². The summed E-state index contributed by atoms with van der Waals surface area (Å²) in [5.41, 5.74) is 14.4. The predicted octanol–water partition coefficient (Wildman–Crippen LogP) is 5.03. The Morgan fingerprint density at radius 2 is 1.79 bits per heavy atom. The molecule has 5 aromatic rings. The van der Waals surface area contributed by atoms with Gasteiger partial charge in [-0.1, -0.05) is 49.1 Å². The van der Waals surface area contributed by atoms with E-state index >= 15 is 0 Å². The number of primary amides is 1. The van der Waals surface area contributed by atoms with Gasteiger partial charge in [0.05, 0.1) is 28.3 Å². The molecule has 6 heterocycles. The minimum Gasteiger partial charge on any atom is -0.385 e. The highest BCUT2D eigenvalue weighted by molar-refractivity contribution is 6.33. The number of nitrogens with two attached hydrogens (primary N) is 1. The molecule has 3 aliphatic heterocycles. The van der Waals surface area contributed by atoms with Gasteiger partial charge in [0.1, 0.15) is 11.7 Å². The number of halogens is 1. The van der Waals surface area contributed by atoms with Gasteiger partial charge < -0.3 is 26.2 Å². The summed E-state index contributed by atoms with van der Waals surface area (Å²) in [5.74, 6) is -0.448. The molecule has 0 bridgehead atoms. The first kappa shape index (κ1) is 37.2. The van der Waals surface area contributed by atoms with Crippen LogP contribution in [-0.4, -0.2) is 94.6 Å². The Hall–Kier alpha value is -5.73. The minimum atomic E-state index is -0.587. The zero-order valence-corrected chi connectivity index (χ0v) is 32.2. The molecule has 1 saturated carbocycles. The van der Waals surface area contributed by atoms with Crippen LogP contribution in [0.3, 0.4) is 0 Å². The second-order valence-electron chi connectivity index (χ2n) is 14.6. The zero-order chi connectivity index (χ0) is 38.8. The Kier molecular flexibility index (Phi) is 10.7. The first-order valence-electron chi connectivity index (χ1n) is 19.3. The normalized spacial score (nSPS) is 17.9. The van der Waals surface area contributed by atoms with E-state index in [0.29, 0.717) is 35.0 Å². The van der Waals surface area contributed by atoms with E-state index in [1.807, 2.05) is 37.5 Å². The van der Waals surface area contributed by atoms with Crippen LogP contribution in [0.15, 0.2) is 67.0 Å². The number of carbonyl (C=O) groups is 3. The largest absolute Gasteiger partial charge is 0.385 e. The second-order valence-corrected chi connectivity index (χ2v) is 15.0. The lowest BCUT2D eigenvalue weighted by Crippen LogP contribution is -2.47. The Morgan fingerprint density at radius 3 is 2.52 bits per heavy atom. The number of anilines is 5. The zero-order valence-electron chi connectivity index (χ0n) is 31.4. The van der Waals surface area contributed by atoms with E-state index in [4.69, 9.17) is 27.4 Å². The van der Waals surface area contributed by atoms with Crippen LogP contribution in [0.25, 0.3) is 16.9 Å². The molecule has 0 spiro atoms. The first-order valence-corrected chi connectivity index (χ1v) is 19.7. The molecule has 2 aromatic carbocycles. The molecule has 2 saturated heterocycles. The number of benzene rings is 2. The number of rotatable bonds is 10. The molecule has 9 rings (SSSR count). The average molecular weight is 776 g/mol. The van der Waals surface area contributed by atoms with Crippen LogP contribution in [-0.2, 0) is 22.4 Å². The second kappa shape index (κ2) is 16.2. The van der Waals surface area contributed by atoms with Crippen molar-refractivity contribution in [2.45, 2.75) is 51.0 Å². The number of nitrogens with zero attached hydrogens (tertiary/aromatic N) is 7. The van der Waals surface area contributed by atoms with Crippen LogP contribution < -0.4 is 31.5 Å². The molecule has 56 heavy (non-hydrogen) atoms. The number of fused-ring (bicyclic) bond motifs is 2. The van der Waals surface area contributed by atoms with Crippen molar-refractivity contribution in [3.8, 4) is 11.3 Å². The summed E-state index contributed by atoms with van der Waals surface area (Å²) in [7, 11) is 1.82. The van der Waals surface area contributed by atoms with Crippen molar-refractivity contribution in [3.63, 3.8) is 0 Å². The number of piperidine rings is 1. The van der Waals surface area contributed by atoms with Gasteiger partial charge >= 0.3 is 0 Å². The van der Waals surface area contributed by atoms with Gasteiger partial charge in [-0.05, 0) is 60.7 Å². The molecule has 0 radical (unpaired) electrons. The number of piperazine rings is 1. The van der Waals surface area contributed by atoms with Gasteiger partial charge in [-0.25, -0.2) is 9.50 Å². The van der Waals surface area contributed by atoms with Gasteiger partial charge in [0.2, 0.25) is 11.8 Å². The highest BCUT2D eigenvalue weighted by atomic mass is 35.5. The van der Waals surface area contributed by atoms with Crippen LogP contribution in [0.1, 0.15) is 53.7 Å². The molecule has 3 amide bonds. The van der Waals surface area contributed by atoms with E-state index in [-0.39, 0.29) is 17.5 Å². The Bertz CT molecular complexity index is 2280. The first-order chi connectivity index (χ1) is 27.2. The molecule has 5 N–H and O–H groups in total. The molecule has 290 valence electrons. The number of hydrogen-bond acceptors (Lipinski definition) is 11. The molecular formula is C41H46ClN11O3. The Balaban J connectivity index is 0.00000140. The molecule has 1 unspecified atom stereocenters. The van der Waals surface area contributed by atoms with E-state index < -0.39 is 11.9 Å². The number of imidazole rings is 1. The number of amides is 3. The fourth-order valence-corrected chi connectivity index (χ4v) is 7.74. The highest BCUT2D eigenvalue weighted by Crippen LogP contribution is 2.40. The van der Waals surface area contributed by atoms with Crippen LogP contribution >= 0.6 is 11.6 Å². The average Bonchev–Trinajstić information content (AvgIpc) is 3.93. The Morgan fingerprint density at radius 1 is 0.964 bits per heavy atom. The van der Waals surface area contributed by atoms with E-state index in [2.05, 4.69) is 66.0 Å². The maximum Gasteiger partial charge on any atom is 0.269 e. The molecule has 1 aliphatic carbocycles. The molecule has 3 fully saturated rings. The summed E-state index contributed by atoms with van der Waals surface area (Å²) in [4.78, 5) is 51.9. The van der Waals surface area contributed by atoms with Gasteiger partial charge in [0, 0.05) is 81.9 Å². The third-order valence-corrected chi connectivity index (χ3v) is 11.0. The van der Waals surface area contributed by atoms with E-state index in [1.165, 1.54) is 35.5 Å². The maximum atomic E-state index is 12.2. The molecule has 3 aromatic heterocycles. The standard InChI is InChI=1S/C38H40ClN11O3.C3H6/c1-41-31-21-34(46-50-33(36(40)52)22-43-37(31)50)49-14-11-26-25(3-2-4-32(26)49)30-20-24(9-12-42-30)48-17-15-47(16-18-48)13-10-23-5-6-28(27(39)19-23)44-29-7-8-35(51)45-38(29)53;1-2-3-1/h2-6,9,12,19-22,29,41,44H,7-8,10-11,13-18H2,1H3,(H2,40,52)(H,45,51,53);1-3H2. The summed E-state index contributed by atoms with van der Waals surface area (Å²) in [6.07, 6.45) is 10.3. The van der Waals surface area contributed by atoms with Crippen LogP contribution in [0, 0.1) is 0 Å². The summed E-state index contributed by atoms with van der Waals surface area (Å²) in [6.45, 7) is 5.34. The maximum absolute atomic E-state index is 12.2. The lowest BCUT2D eigenvalue weighted by Gasteiger charge is -2.36. The molecule has 1 atom stereocenters. The SMILES string of the molecule is C1CC1.CNc1cc(N2CCc3c(-c4cc(N5CCN(CCc6ccc(NC7CCC(=O)NC7=O)c(Cl)c6)CC5)ccn4)cccc32)nn2c(C(N)=O)cnc12. The van der Waals surface area contributed by atoms with Crippen molar-refractivity contribution >= 4 is 63.5 Å². The van der Waals surface area contributed by atoms with Gasteiger partial charge in [-0.2, -0.15) is 0 Å². The number of nitrogens with one attached hydrogen (secondary N) is 3. The summed E-state index contributed by atoms with van der Waals surface area (Å²) >= 11 is 6.59. The smallest absolute Gasteiger partial charge is 0.269 e. The minimum absolute atomic E-state index is 0.228. The third kappa shape index (κ3) is 7.98. The monoisotopic (exact) mass is 775 g/mol. The van der Waals surface area contributed by atoms with E-state index in [9.17, 15) is 14.4 Å². The Labute approximate surface area is 330 Å². The number of carbonyl (C=O) groups excluding carboxylic acids is 3. The summed E-state index contributed by atoms with van der Waals surface area (Å²) in [5, 5.41) is 14.1. The van der Waals surface area contributed by atoms with Crippen molar-refractivity contribution in [1.29, 1.82) is 0 Å². The van der Waals surface area contributed by atoms with Crippen LogP contribution in [0.5, 0.6) is 0 Å². The fourth-order valence-electron chi connectivity index (χ4n) is 7.48. The number of imide groups is 1. The lowest BCUT2D eigenvalue weighted by atomic mass is 10.0. The van der Waals surface area contributed by atoms with E-state index in [1.54, 1.807) is 0 Å². The topological polar surface area (TPSA) is 166 Å². The van der Waals surface area contributed by atoms with Crippen molar-refractivity contribution < 1.29 is 14.4 Å². The van der Waals surface area contributed by atoms with Gasteiger partial charge in [0.15, 0.2) is 11.5 Å². The van der Waals surface area contributed by atoms with Crippen molar-refractivity contribution in [3.05, 3.63) is 88.8 Å². The molecule has 14 nitrogen and oxygen atoms in total. The summed E-state index contributed by atoms with van der Waals surface area (Å²) < 4.78 is 1.51. The molecule has 15 heteroatoms. The lowest BCUT2D eigenvalue weighted by molar-refractivity contribution is -0.133. The number of aromatic nitrogens is 4. The van der Waals surface area contributed by atoms with Crippen molar-refractivity contribution in [1.82, 2.24) is 29.8 Å². The quantitative estimate of drug-likeness (QED) is 0.141. The summed E-state index contributed by atoms with van der Waals surface area (Å²) in [6, 6.07) is 18.0. The van der Waals surface area contributed by atoms with Gasteiger partial charge in [0.25, 0.3) is 5.91 Å². The number of pyridine rings is 1. The number of hydrogen-bond donors (Lipinski definition) is 4. The van der Waals surface area contributed by atoms with Gasteiger partial charge in [-0.15, -0.1) is 5.10 Å². The van der Waals surface area contributed by atoms with E-state index in [0.717, 1.165) is 86.0 Å². The predicted molar refractivity (Wildman–Crippen MR) is 219 cm³/mol. The van der Waals surface area contributed by atoms with Crippen molar-refractivity contribution in [2.75, 3.05) is 66.7 Å². The van der Waals surface area contributed by atoms with Crippen LogP contribution in [0.4, 0.5) is 28.6 Å². The highest BCUT2D eigenvalue weighted by Gasteiger charge is 2.28. The molecular weight excluding hydrogens is 730 g/mol.